The maximum absolute atomic E-state index is 14.3. The predicted molar refractivity (Wildman–Crippen MR) is 90.1 cm³/mol. The van der Waals surface area contributed by atoms with Crippen LogP contribution in [0.25, 0.3) is 0 Å². The molecule has 2 heterocycles. The lowest BCUT2D eigenvalue weighted by Crippen LogP contribution is -2.53. The number of piperazine rings is 1. The molecule has 1 aromatic rings. The third-order valence-corrected chi connectivity index (χ3v) is 5.28. The van der Waals surface area contributed by atoms with Gasteiger partial charge in [0.1, 0.15) is 5.82 Å². The van der Waals surface area contributed by atoms with Crippen molar-refractivity contribution in [1.82, 2.24) is 9.80 Å². The van der Waals surface area contributed by atoms with Crippen molar-refractivity contribution in [1.29, 1.82) is 0 Å². The summed E-state index contributed by atoms with van der Waals surface area (Å²) in [6.45, 7) is 8.47. The first-order valence-corrected chi connectivity index (χ1v) is 8.63. The Balaban J connectivity index is 1.57. The molecule has 4 heteroatoms. The molecule has 0 saturated carbocycles. The van der Waals surface area contributed by atoms with Crippen LogP contribution in [0.1, 0.15) is 25.3 Å². The summed E-state index contributed by atoms with van der Waals surface area (Å²) in [5.41, 5.74) is 1.85. The molecule has 0 aromatic heterocycles. The highest BCUT2D eigenvalue weighted by molar-refractivity contribution is 5.49. The minimum Gasteiger partial charge on any atom is -0.367 e. The Hall–Kier alpha value is -1.13. The molecule has 0 atom stereocenters. The fraction of sp³-hybridized carbons (Fsp3) is 0.667. The van der Waals surface area contributed by atoms with Gasteiger partial charge in [-0.1, -0.05) is 13.0 Å². The van der Waals surface area contributed by atoms with Gasteiger partial charge in [0.2, 0.25) is 0 Å². The third-order valence-electron chi connectivity index (χ3n) is 5.28. The lowest BCUT2D eigenvalue weighted by atomic mass is 10.0. The van der Waals surface area contributed by atoms with Crippen LogP contribution in [0, 0.1) is 5.82 Å². The smallest absolute Gasteiger partial charge is 0.146 e. The number of benzene rings is 1. The summed E-state index contributed by atoms with van der Waals surface area (Å²) in [5.74, 6) is -0.0629. The summed E-state index contributed by atoms with van der Waals surface area (Å²) in [4.78, 5) is 7.24. The zero-order valence-corrected chi connectivity index (χ0v) is 13.9. The van der Waals surface area contributed by atoms with E-state index >= 15 is 0 Å². The number of piperidine rings is 1. The zero-order chi connectivity index (χ0) is 15.5. The Morgan fingerprint density at radius 1 is 1.05 bits per heavy atom. The molecule has 2 saturated heterocycles. The molecule has 0 N–H and O–H groups in total. The van der Waals surface area contributed by atoms with Crippen molar-refractivity contribution in [3.05, 3.63) is 29.6 Å². The lowest BCUT2D eigenvalue weighted by Gasteiger charge is -2.42. The van der Waals surface area contributed by atoms with Gasteiger partial charge >= 0.3 is 0 Å². The van der Waals surface area contributed by atoms with E-state index in [1.165, 1.54) is 25.9 Å². The van der Waals surface area contributed by atoms with Gasteiger partial charge in [-0.05, 0) is 57.1 Å². The van der Waals surface area contributed by atoms with Crippen molar-refractivity contribution in [2.75, 3.05) is 51.2 Å². The number of hydrogen-bond acceptors (Lipinski definition) is 3. The highest BCUT2D eigenvalue weighted by atomic mass is 19.1. The number of halogens is 1. The fourth-order valence-electron chi connectivity index (χ4n) is 3.71. The van der Waals surface area contributed by atoms with Crippen LogP contribution in [0.2, 0.25) is 0 Å². The molecule has 122 valence electrons. The SMILES string of the molecule is CCc1ccc(N2CCN(C3CCN(C)CC3)CC2)c(F)c1. The Kier molecular flexibility index (Phi) is 4.99. The van der Waals surface area contributed by atoms with Gasteiger partial charge in [0.05, 0.1) is 5.69 Å². The maximum Gasteiger partial charge on any atom is 0.146 e. The van der Waals surface area contributed by atoms with Crippen molar-refractivity contribution >= 4 is 5.69 Å². The Bertz CT molecular complexity index is 489. The van der Waals surface area contributed by atoms with Crippen LogP contribution in [-0.2, 0) is 6.42 Å². The second-order valence-corrected chi connectivity index (χ2v) is 6.70. The topological polar surface area (TPSA) is 9.72 Å². The molecule has 1 aromatic carbocycles. The maximum atomic E-state index is 14.3. The molecular formula is C18H28FN3. The first kappa shape index (κ1) is 15.8. The van der Waals surface area contributed by atoms with Crippen molar-refractivity contribution in [3.63, 3.8) is 0 Å². The van der Waals surface area contributed by atoms with E-state index in [2.05, 4.69) is 34.7 Å². The van der Waals surface area contributed by atoms with Crippen LogP contribution in [0.15, 0.2) is 18.2 Å². The summed E-state index contributed by atoms with van der Waals surface area (Å²) in [5, 5.41) is 0. The minimum atomic E-state index is -0.0629. The van der Waals surface area contributed by atoms with Crippen LogP contribution in [-0.4, -0.2) is 62.2 Å². The van der Waals surface area contributed by atoms with Crippen molar-refractivity contribution in [2.24, 2.45) is 0 Å². The molecule has 3 rings (SSSR count). The monoisotopic (exact) mass is 305 g/mol. The van der Waals surface area contributed by atoms with E-state index in [9.17, 15) is 4.39 Å². The molecule has 0 bridgehead atoms. The number of likely N-dealkylation sites (tertiary alicyclic amines) is 1. The normalized spacial score (nSPS) is 22.2. The van der Waals surface area contributed by atoms with Crippen LogP contribution in [0.4, 0.5) is 10.1 Å². The van der Waals surface area contributed by atoms with Gasteiger partial charge in [-0.3, -0.25) is 4.90 Å². The van der Waals surface area contributed by atoms with Crippen LogP contribution in [0.3, 0.4) is 0 Å². The summed E-state index contributed by atoms with van der Waals surface area (Å²) in [7, 11) is 2.21. The predicted octanol–water partition coefficient (Wildman–Crippen LogP) is 2.60. The summed E-state index contributed by atoms with van der Waals surface area (Å²) < 4.78 is 14.3. The average molecular weight is 305 g/mol. The molecule has 0 unspecified atom stereocenters. The average Bonchev–Trinajstić information content (AvgIpc) is 2.56. The van der Waals surface area contributed by atoms with E-state index in [1.807, 2.05) is 6.07 Å². The molecule has 0 spiro atoms. The third kappa shape index (κ3) is 3.44. The van der Waals surface area contributed by atoms with Gasteiger partial charge in [-0.2, -0.15) is 0 Å². The minimum absolute atomic E-state index is 0.0629. The van der Waals surface area contributed by atoms with Crippen LogP contribution < -0.4 is 4.90 Å². The van der Waals surface area contributed by atoms with Crippen molar-refractivity contribution < 1.29 is 4.39 Å². The first-order valence-electron chi connectivity index (χ1n) is 8.63. The number of anilines is 1. The van der Waals surface area contributed by atoms with Gasteiger partial charge in [-0.25, -0.2) is 4.39 Å². The molecule has 22 heavy (non-hydrogen) atoms. The Morgan fingerprint density at radius 2 is 1.73 bits per heavy atom. The summed E-state index contributed by atoms with van der Waals surface area (Å²) in [6, 6.07) is 6.44. The van der Waals surface area contributed by atoms with E-state index in [0.717, 1.165) is 49.9 Å². The van der Waals surface area contributed by atoms with Crippen LogP contribution >= 0.6 is 0 Å². The fourth-order valence-corrected chi connectivity index (χ4v) is 3.71. The first-order chi connectivity index (χ1) is 10.7. The van der Waals surface area contributed by atoms with Gasteiger partial charge in [0.25, 0.3) is 0 Å². The molecule has 2 aliphatic heterocycles. The number of hydrogen-bond donors (Lipinski definition) is 0. The number of nitrogens with zero attached hydrogens (tertiary/aromatic N) is 3. The van der Waals surface area contributed by atoms with Crippen molar-refractivity contribution in [3.8, 4) is 0 Å². The zero-order valence-electron chi connectivity index (χ0n) is 13.9. The summed E-state index contributed by atoms with van der Waals surface area (Å²) >= 11 is 0. The van der Waals surface area contributed by atoms with Gasteiger partial charge in [0.15, 0.2) is 0 Å². The largest absolute Gasteiger partial charge is 0.367 e. The molecule has 2 fully saturated rings. The molecular weight excluding hydrogens is 277 g/mol. The second-order valence-electron chi connectivity index (χ2n) is 6.70. The lowest BCUT2D eigenvalue weighted by molar-refractivity contribution is 0.115. The quantitative estimate of drug-likeness (QED) is 0.850. The Labute approximate surface area is 133 Å². The molecule has 0 radical (unpaired) electrons. The van der Waals surface area contributed by atoms with Crippen LogP contribution in [0.5, 0.6) is 0 Å². The molecule has 3 nitrogen and oxygen atoms in total. The molecule has 0 amide bonds. The molecule has 2 aliphatic rings. The highest BCUT2D eigenvalue weighted by Gasteiger charge is 2.27. The summed E-state index contributed by atoms with van der Waals surface area (Å²) in [6.07, 6.45) is 3.44. The van der Waals surface area contributed by atoms with Gasteiger partial charge < -0.3 is 9.80 Å². The highest BCUT2D eigenvalue weighted by Crippen LogP contribution is 2.24. The van der Waals surface area contributed by atoms with E-state index < -0.39 is 0 Å². The van der Waals surface area contributed by atoms with Crippen molar-refractivity contribution in [2.45, 2.75) is 32.2 Å². The standard InChI is InChI=1S/C18H28FN3/c1-3-15-4-5-18(17(19)14-15)22-12-10-21(11-13-22)16-6-8-20(2)9-7-16/h4-5,14,16H,3,6-13H2,1-2H3. The molecule has 0 aliphatic carbocycles. The van der Waals surface area contributed by atoms with E-state index in [1.54, 1.807) is 6.07 Å². The van der Waals surface area contributed by atoms with E-state index in [4.69, 9.17) is 0 Å². The number of aryl methyl sites for hydroxylation is 1. The number of rotatable bonds is 3. The van der Waals surface area contributed by atoms with Gasteiger partial charge in [-0.15, -0.1) is 0 Å². The Morgan fingerprint density at radius 3 is 2.32 bits per heavy atom. The van der Waals surface area contributed by atoms with Gasteiger partial charge in [0, 0.05) is 32.2 Å². The second kappa shape index (κ2) is 6.97. The van der Waals surface area contributed by atoms with E-state index in [0.29, 0.717) is 0 Å². The van der Waals surface area contributed by atoms with E-state index in [-0.39, 0.29) is 5.82 Å².